The van der Waals surface area contributed by atoms with Crippen LogP contribution in [0.1, 0.15) is 5.89 Å². The van der Waals surface area contributed by atoms with Crippen LogP contribution in [-0.4, -0.2) is 44.8 Å². The number of aromatic nitrogens is 4. The topological polar surface area (TPSA) is 94.2 Å². The lowest BCUT2D eigenvalue weighted by atomic mass is 10.2. The lowest BCUT2D eigenvalue weighted by Crippen LogP contribution is -2.30. The molecule has 10 heteroatoms. The Hall–Kier alpha value is -2.23. The first kappa shape index (κ1) is 14.2. The highest BCUT2D eigenvalue weighted by Crippen LogP contribution is 2.23. The van der Waals surface area contributed by atoms with Gasteiger partial charge >= 0.3 is 6.18 Å². The number of aliphatic hydroxyl groups excluding tert-OH is 1. The smallest absolute Gasteiger partial charge is 0.414 e. The maximum absolute atomic E-state index is 12.2. The monoisotopic (exact) mass is 290 g/mol. The van der Waals surface area contributed by atoms with E-state index < -0.39 is 18.7 Å². The number of halogens is 3. The second-order valence-electron chi connectivity index (χ2n) is 3.73. The predicted molar refractivity (Wildman–Crippen MR) is 57.6 cm³/mol. The molecule has 0 aliphatic rings. The number of hydrogen-bond donors (Lipinski definition) is 1. The summed E-state index contributed by atoms with van der Waals surface area (Å²) in [5, 5.41) is 19.7. The zero-order valence-electron chi connectivity index (χ0n) is 10.1. The zero-order chi connectivity index (χ0) is 14.8. The van der Waals surface area contributed by atoms with Crippen molar-refractivity contribution >= 4 is 0 Å². The summed E-state index contributed by atoms with van der Waals surface area (Å²) in [6, 6.07) is 2.96. The third-order valence-electron chi connectivity index (χ3n) is 2.29. The van der Waals surface area contributed by atoms with Gasteiger partial charge < -0.3 is 14.4 Å². The van der Waals surface area contributed by atoms with Crippen LogP contribution in [0.15, 0.2) is 16.7 Å². The van der Waals surface area contributed by atoms with Crippen molar-refractivity contribution in [1.29, 1.82) is 0 Å². The minimum atomic E-state index is -4.74. The fraction of sp³-hybridized carbons (Fsp3) is 0.400. The van der Waals surface area contributed by atoms with E-state index in [0.717, 1.165) is 0 Å². The Bertz CT molecular complexity index is 570. The SMILES string of the molecule is COc1ccc(-c2noc(CC(O)C(F)(F)F)n2)nn1. The maximum Gasteiger partial charge on any atom is 0.414 e. The average molecular weight is 290 g/mol. The number of aliphatic hydroxyl groups is 1. The lowest BCUT2D eigenvalue weighted by molar-refractivity contribution is -0.204. The van der Waals surface area contributed by atoms with Crippen molar-refractivity contribution in [3.05, 3.63) is 18.0 Å². The van der Waals surface area contributed by atoms with Crippen LogP contribution in [0, 0.1) is 0 Å². The number of ether oxygens (including phenoxy) is 1. The summed E-state index contributed by atoms with van der Waals surface area (Å²) in [5.41, 5.74) is 0.210. The molecule has 2 aromatic rings. The molecule has 0 bridgehead atoms. The van der Waals surface area contributed by atoms with Crippen LogP contribution in [0.3, 0.4) is 0 Å². The van der Waals surface area contributed by atoms with E-state index in [1.165, 1.54) is 19.2 Å². The Labute approximate surface area is 110 Å². The van der Waals surface area contributed by atoms with E-state index in [-0.39, 0.29) is 23.3 Å². The quantitative estimate of drug-likeness (QED) is 0.897. The molecule has 1 unspecified atom stereocenters. The third-order valence-corrected chi connectivity index (χ3v) is 2.29. The first-order chi connectivity index (χ1) is 9.40. The van der Waals surface area contributed by atoms with Crippen LogP contribution in [0.5, 0.6) is 5.88 Å². The molecule has 0 radical (unpaired) electrons. The molecule has 7 nitrogen and oxygen atoms in total. The van der Waals surface area contributed by atoms with Crippen LogP contribution in [-0.2, 0) is 6.42 Å². The van der Waals surface area contributed by atoms with E-state index in [0.29, 0.717) is 0 Å². The van der Waals surface area contributed by atoms with Crippen LogP contribution < -0.4 is 4.74 Å². The molecule has 2 rings (SSSR count). The van der Waals surface area contributed by atoms with Gasteiger partial charge in [0.2, 0.25) is 17.6 Å². The molecular weight excluding hydrogens is 281 g/mol. The number of methoxy groups -OCH3 is 1. The van der Waals surface area contributed by atoms with Crippen molar-refractivity contribution in [2.24, 2.45) is 0 Å². The molecule has 2 aromatic heterocycles. The third kappa shape index (κ3) is 3.20. The van der Waals surface area contributed by atoms with Gasteiger partial charge in [-0.2, -0.15) is 18.2 Å². The molecule has 2 heterocycles. The van der Waals surface area contributed by atoms with Gasteiger partial charge in [-0.25, -0.2) is 0 Å². The second kappa shape index (κ2) is 5.41. The fourth-order valence-corrected chi connectivity index (χ4v) is 1.27. The van der Waals surface area contributed by atoms with Crippen LogP contribution in [0.25, 0.3) is 11.5 Å². The molecular formula is C10H9F3N4O3. The van der Waals surface area contributed by atoms with Crippen molar-refractivity contribution in [2.75, 3.05) is 7.11 Å². The highest BCUT2D eigenvalue weighted by molar-refractivity contribution is 5.47. The molecule has 0 saturated heterocycles. The van der Waals surface area contributed by atoms with E-state index in [1.54, 1.807) is 0 Å². The summed E-state index contributed by atoms with van der Waals surface area (Å²) in [6.07, 6.45) is -8.12. The fourth-order valence-electron chi connectivity index (χ4n) is 1.27. The highest BCUT2D eigenvalue weighted by atomic mass is 19.4. The summed E-state index contributed by atoms with van der Waals surface area (Å²) in [7, 11) is 1.41. The molecule has 108 valence electrons. The van der Waals surface area contributed by atoms with E-state index in [1.807, 2.05) is 0 Å². The van der Waals surface area contributed by atoms with Crippen molar-refractivity contribution in [1.82, 2.24) is 20.3 Å². The number of alkyl halides is 3. The molecule has 0 spiro atoms. The van der Waals surface area contributed by atoms with Crippen LogP contribution in [0.2, 0.25) is 0 Å². The van der Waals surface area contributed by atoms with Gasteiger partial charge in [0.05, 0.1) is 13.5 Å². The second-order valence-corrected chi connectivity index (χ2v) is 3.73. The predicted octanol–water partition coefficient (Wildman–Crippen LogP) is 1.00. The van der Waals surface area contributed by atoms with Gasteiger partial charge in [-0.15, -0.1) is 10.2 Å². The standard InChI is InChI=1S/C10H9F3N4O3/c1-19-7-3-2-5(15-16-7)9-14-8(20-17-9)4-6(18)10(11,12)13/h2-3,6,18H,4H2,1H3. The Morgan fingerprint density at radius 2 is 2.10 bits per heavy atom. The molecule has 20 heavy (non-hydrogen) atoms. The molecule has 0 aliphatic carbocycles. The number of hydrogen-bond acceptors (Lipinski definition) is 7. The summed E-state index contributed by atoms with van der Waals surface area (Å²) < 4.78 is 45.9. The molecule has 1 N–H and O–H groups in total. The van der Waals surface area contributed by atoms with E-state index in [4.69, 9.17) is 9.84 Å². The van der Waals surface area contributed by atoms with E-state index in [9.17, 15) is 13.2 Å². The molecule has 1 atom stereocenters. The minimum Gasteiger partial charge on any atom is -0.480 e. The van der Waals surface area contributed by atoms with Crippen molar-refractivity contribution in [3.8, 4) is 17.4 Å². The van der Waals surface area contributed by atoms with Gasteiger partial charge in [0.25, 0.3) is 0 Å². The molecule has 0 fully saturated rings. The van der Waals surface area contributed by atoms with Gasteiger partial charge in [0.15, 0.2) is 6.10 Å². The highest BCUT2D eigenvalue weighted by Gasteiger charge is 2.39. The number of nitrogens with zero attached hydrogens (tertiary/aromatic N) is 4. The van der Waals surface area contributed by atoms with Gasteiger partial charge in [-0.1, -0.05) is 5.16 Å². The number of rotatable bonds is 4. The van der Waals surface area contributed by atoms with Gasteiger partial charge in [-0.3, -0.25) is 0 Å². The first-order valence-electron chi connectivity index (χ1n) is 5.35. The Morgan fingerprint density at radius 3 is 2.65 bits per heavy atom. The summed E-state index contributed by atoms with van der Waals surface area (Å²) in [4.78, 5) is 3.71. The zero-order valence-corrected chi connectivity index (χ0v) is 10.1. The molecule has 0 saturated carbocycles. The Morgan fingerprint density at radius 1 is 1.35 bits per heavy atom. The van der Waals surface area contributed by atoms with Gasteiger partial charge in [0.1, 0.15) is 5.69 Å². The average Bonchev–Trinajstić information content (AvgIpc) is 2.86. The molecule has 0 aromatic carbocycles. The largest absolute Gasteiger partial charge is 0.480 e. The first-order valence-corrected chi connectivity index (χ1v) is 5.35. The lowest BCUT2D eigenvalue weighted by Gasteiger charge is -2.11. The Balaban J connectivity index is 2.12. The minimum absolute atomic E-state index is 0.0236. The summed E-state index contributed by atoms with van der Waals surface area (Å²) in [6.45, 7) is 0. The van der Waals surface area contributed by atoms with Crippen molar-refractivity contribution in [2.45, 2.75) is 18.7 Å². The maximum atomic E-state index is 12.2. The normalized spacial score (nSPS) is 13.2. The molecule has 0 amide bonds. The van der Waals surface area contributed by atoms with Crippen molar-refractivity contribution in [3.63, 3.8) is 0 Å². The van der Waals surface area contributed by atoms with E-state index in [2.05, 4.69) is 24.9 Å². The molecule has 0 aliphatic heterocycles. The van der Waals surface area contributed by atoms with Gasteiger partial charge in [0, 0.05) is 6.07 Å². The van der Waals surface area contributed by atoms with Crippen LogP contribution in [0.4, 0.5) is 13.2 Å². The van der Waals surface area contributed by atoms with Crippen LogP contribution >= 0.6 is 0 Å². The van der Waals surface area contributed by atoms with Crippen molar-refractivity contribution < 1.29 is 27.5 Å². The van der Waals surface area contributed by atoms with E-state index >= 15 is 0 Å². The van der Waals surface area contributed by atoms with Gasteiger partial charge in [-0.05, 0) is 6.07 Å². The Kier molecular flexibility index (Phi) is 3.84. The summed E-state index contributed by atoms with van der Waals surface area (Å²) in [5.74, 6) is -0.100. The summed E-state index contributed by atoms with van der Waals surface area (Å²) >= 11 is 0.